The number of aryl methyl sites for hydroxylation is 2. The minimum absolute atomic E-state index is 0.0679. The van der Waals surface area contributed by atoms with Crippen LogP contribution in [0.5, 0.6) is 0 Å². The lowest BCUT2D eigenvalue weighted by atomic mass is 10.2. The number of aromatic nitrogens is 4. The molecule has 1 unspecified atom stereocenters. The molecule has 1 N–H and O–H groups in total. The Labute approximate surface area is 118 Å². The first-order chi connectivity index (χ1) is 9.63. The first-order valence-corrected chi connectivity index (χ1v) is 6.81. The quantitative estimate of drug-likeness (QED) is 0.785. The van der Waals surface area contributed by atoms with Crippen molar-refractivity contribution in [1.82, 2.24) is 25.2 Å². The van der Waals surface area contributed by atoms with Gasteiger partial charge in [0.05, 0.1) is 18.3 Å². The van der Waals surface area contributed by atoms with Crippen LogP contribution in [0.15, 0.2) is 23.4 Å². The van der Waals surface area contributed by atoms with E-state index in [1.54, 1.807) is 0 Å². The van der Waals surface area contributed by atoms with E-state index >= 15 is 0 Å². The van der Waals surface area contributed by atoms with Crippen molar-refractivity contribution < 1.29 is 4.52 Å². The van der Waals surface area contributed by atoms with Crippen LogP contribution in [0.1, 0.15) is 42.4 Å². The topological polar surface area (TPSA) is 68.8 Å². The lowest BCUT2D eigenvalue weighted by molar-refractivity contribution is 0.323. The van der Waals surface area contributed by atoms with Crippen LogP contribution in [0, 0.1) is 13.8 Å². The molecule has 0 amide bonds. The van der Waals surface area contributed by atoms with E-state index in [2.05, 4.69) is 34.1 Å². The van der Waals surface area contributed by atoms with Gasteiger partial charge in [0.1, 0.15) is 0 Å². The van der Waals surface area contributed by atoms with Crippen LogP contribution >= 0.6 is 0 Å². The predicted octanol–water partition coefficient (Wildman–Crippen LogP) is 2.31. The van der Waals surface area contributed by atoms with Crippen molar-refractivity contribution in [2.45, 2.75) is 46.3 Å². The largest absolute Gasteiger partial charge is 0.338 e. The molecule has 1 atom stereocenters. The molecule has 0 saturated carbocycles. The van der Waals surface area contributed by atoms with Crippen LogP contribution in [0.4, 0.5) is 0 Å². The van der Waals surface area contributed by atoms with Crippen LogP contribution in [0.3, 0.4) is 0 Å². The molecule has 2 aromatic rings. The maximum absolute atomic E-state index is 5.22. The Morgan fingerprint density at radius 2 is 2.30 bits per heavy atom. The summed E-state index contributed by atoms with van der Waals surface area (Å²) in [5, 5.41) is 11.7. The summed E-state index contributed by atoms with van der Waals surface area (Å²) in [6.45, 7) is 11.1. The third-order valence-electron chi connectivity index (χ3n) is 3.15. The van der Waals surface area contributed by atoms with Crippen molar-refractivity contribution in [2.24, 2.45) is 0 Å². The van der Waals surface area contributed by atoms with Gasteiger partial charge in [-0.25, -0.2) is 0 Å². The van der Waals surface area contributed by atoms with Gasteiger partial charge in [0.15, 0.2) is 5.82 Å². The van der Waals surface area contributed by atoms with Crippen molar-refractivity contribution in [3.63, 3.8) is 0 Å². The summed E-state index contributed by atoms with van der Waals surface area (Å²) in [5.41, 5.74) is 2.19. The van der Waals surface area contributed by atoms with E-state index in [1.807, 2.05) is 30.8 Å². The zero-order valence-corrected chi connectivity index (χ0v) is 12.3. The van der Waals surface area contributed by atoms with E-state index in [9.17, 15) is 0 Å². The average molecular weight is 275 g/mol. The van der Waals surface area contributed by atoms with E-state index in [1.165, 1.54) is 5.56 Å². The molecular weight excluding hydrogens is 254 g/mol. The van der Waals surface area contributed by atoms with E-state index in [0.29, 0.717) is 11.7 Å². The van der Waals surface area contributed by atoms with Gasteiger partial charge in [-0.3, -0.25) is 4.68 Å². The van der Waals surface area contributed by atoms with E-state index in [-0.39, 0.29) is 6.04 Å². The van der Waals surface area contributed by atoms with Crippen molar-refractivity contribution >= 4 is 0 Å². The monoisotopic (exact) mass is 275 g/mol. The Hall–Kier alpha value is -1.95. The van der Waals surface area contributed by atoms with Gasteiger partial charge >= 0.3 is 0 Å². The highest BCUT2D eigenvalue weighted by atomic mass is 16.5. The molecule has 0 aliphatic carbocycles. The molecule has 108 valence electrons. The molecule has 0 saturated heterocycles. The summed E-state index contributed by atoms with van der Waals surface area (Å²) in [5.74, 6) is 1.30. The minimum Gasteiger partial charge on any atom is -0.338 e. The molecule has 2 aromatic heterocycles. The summed E-state index contributed by atoms with van der Waals surface area (Å²) in [6.07, 6.45) is 4.76. The third kappa shape index (κ3) is 3.33. The Morgan fingerprint density at radius 1 is 1.50 bits per heavy atom. The van der Waals surface area contributed by atoms with Crippen LogP contribution in [-0.2, 0) is 13.1 Å². The van der Waals surface area contributed by atoms with Gasteiger partial charge in [-0.05, 0) is 20.3 Å². The van der Waals surface area contributed by atoms with Crippen molar-refractivity contribution in [1.29, 1.82) is 0 Å². The lowest BCUT2D eigenvalue weighted by Crippen LogP contribution is -2.20. The number of hydrogen-bond acceptors (Lipinski definition) is 5. The molecule has 0 aromatic carbocycles. The second-order valence-corrected chi connectivity index (χ2v) is 4.77. The number of allylic oxidation sites excluding steroid dienone is 1. The van der Waals surface area contributed by atoms with E-state index < -0.39 is 0 Å². The molecule has 0 fully saturated rings. The molecule has 6 heteroatoms. The lowest BCUT2D eigenvalue weighted by Gasteiger charge is -2.11. The van der Waals surface area contributed by atoms with Crippen molar-refractivity contribution in [3.8, 4) is 0 Å². The highest BCUT2D eigenvalue weighted by Gasteiger charge is 2.16. The molecule has 0 bridgehead atoms. The van der Waals surface area contributed by atoms with Gasteiger partial charge in [0, 0.05) is 18.3 Å². The highest BCUT2D eigenvalue weighted by molar-refractivity contribution is 5.15. The van der Waals surface area contributed by atoms with Gasteiger partial charge in [-0.1, -0.05) is 18.2 Å². The standard InChI is InChI=1S/C14H21N5O/c1-5-7-19-9-12(10(3)17-19)8-15-13(6-2)14-16-11(4)18-20-14/h5,9,13,15H,1,6-8H2,2-4H3. The zero-order chi connectivity index (χ0) is 14.5. The molecule has 2 heterocycles. The fraction of sp³-hybridized carbons (Fsp3) is 0.500. The predicted molar refractivity (Wildman–Crippen MR) is 76.1 cm³/mol. The maximum Gasteiger partial charge on any atom is 0.243 e. The Morgan fingerprint density at radius 3 is 2.90 bits per heavy atom. The molecule has 0 spiro atoms. The van der Waals surface area contributed by atoms with Gasteiger partial charge in [0.25, 0.3) is 0 Å². The Bertz CT molecular complexity index is 572. The molecule has 0 aliphatic rings. The molecule has 2 rings (SSSR count). The van der Waals surface area contributed by atoms with Gasteiger partial charge < -0.3 is 9.84 Å². The fourth-order valence-corrected chi connectivity index (χ4v) is 2.05. The second-order valence-electron chi connectivity index (χ2n) is 4.77. The summed E-state index contributed by atoms with van der Waals surface area (Å²) < 4.78 is 7.11. The average Bonchev–Trinajstić information content (AvgIpc) is 2.98. The molecule has 6 nitrogen and oxygen atoms in total. The number of nitrogens with zero attached hydrogens (tertiary/aromatic N) is 4. The van der Waals surface area contributed by atoms with Crippen molar-refractivity contribution in [2.75, 3.05) is 0 Å². The normalized spacial score (nSPS) is 12.6. The van der Waals surface area contributed by atoms with Crippen molar-refractivity contribution in [3.05, 3.63) is 41.8 Å². The second kappa shape index (κ2) is 6.47. The van der Waals surface area contributed by atoms with Crippen LogP contribution in [0.25, 0.3) is 0 Å². The van der Waals surface area contributed by atoms with Crippen LogP contribution in [-0.4, -0.2) is 19.9 Å². The molecule has 0 radical (unpaired) electrons. The van der Waals surface area contributed by atoms with E-state index in [4.69, 9.17) is 4.52 Å². The number of hydrogen-bond donors (Lipinski definition) is 1. The SMILES string of the molecule is C=CCn1cc(CNC(CC)c2nc(C)no2)c(C)n1. The fourth-order valence-electron chi connectivity index (χ4n) is 2.05. The van der Waals surface area contributed by atoms with Crippen LogP contribution in [0.2, 0.25) is 0 Å². The maximum atomic E-state index is 5.22. The molecule has 20 heavy (non-hydrogen) atoms. The number of nitrogens with one attached hydrogen (secondary N) is 1. The third-order valence-corrected chi connectivity index (χ3v) is 3.15. The molecule has 0 aliphatic heterocycles. The van der Waals surface area contributed by atoms with Gasteiger partial charge in [-0.2, -0.15) is 10.1 Å². The summed E-state index contributed by atoms with van der Waals surface area (Å²) in [6, 6.07) is 0.0679. The van der Waals surface area contributed by atoms with Gasteiger partial charge in [0.2, 0.25) is 5.89 Å². The highest BCUT2D eigenvalue weighted by Crippen LogP contribution is 2.16. The van der Waals surface area contributed by atoms with E-state index in [0.717, 1.165) is 25.2 Å². The Kier molecular flexibility index (Phi) is 4.68. The Balaban J connectivity index is 2.01. The van der Waals surface area contributed by atoms with Gasteiger partial charge in [-0.15, -0.1) is 6.58 Å². The summed E-state index contributed by atoms with van der Waals surface area (Å²) >= 11 is 0. The zero-order valence-electron chi connectivity index (χ0n) is 12.3. The first-order valence-electron chi connectivity index (χ1n) is 6.81. The smallest absolute Gasteiger partial charge is 0.243 e. The first kappa shape index (κ1) is 14.5. The summed E-state index contributed by atoms with van der Waals surface area (Å²) in [7, 11) is 0. The van der Waals surface area contributed by atoms with Crippen LogP contribution < -0.4 is 5.32 Å². The summed E-state index contributed by atoms with van der Waals surface area (Å²) in [4.78, 5) is 4.28. The minimum atomic E-state index is 0.0679. The number of rotatable bonds is 7. The molecular formula is C14H21N5O.